The average molecular weight is 365 g/mol. The number of aryl methyl sites for hydroxylation is 2. The topological polar surface area (TPSA) is 65.4 Å². The van der Waals surface area contributed by atoms with Crippen molar-refractivity contribution in [2.45, 2.75) is 20.8 Å². The molecule has 1 amide bonds. The van der Waals surface area contributed by atoms with Crippen molar-refractivity contribution in [1.82, 2.24) is 9.78 Å². The lowest BCUT2D eigenvalue weighted by molar-refractivity contribution is -0.118. The Morgan fingerprint density at radius 2 is 1.81 bits per heavy atom. The standard InChI is InChI=1S/C21H23N3O3/c1-14-10-11-18(19(12-14)26-4)27-13-20(25)22-21-15(2)23-24(16(21)3)17-8-6-5-7-9-17/h5-12H,13H2,1-4H3,(H,22,25). The van der Waals surface area contributed by atoms with Gasteiger partial charge in [-0.15, -0.1) is 0 Å². The van der Waals surface area contributed by atoms with Crippen LogP contribution in [-0.2, 0) is 4.79 Å². The predicted molar refractivity (Wildman–Crippen MR) is 105 cm³/mol. The molecule has 0 atom stereocenters. The molecule has 1 aromatic heterocycles. The number of hydrogen-bond acceptors (Lipinski definition) is 4. The normalized spacial score (nSPS) is 10.5. The van der Waals surface area contributed by atoms with Crippen LogP contribution in [0.4, 0.5) is 5.69 Å². The molecule has 0 aliphatic heterocycles. The summed E-state index contributed by atoms with van der Waals surface area (Å²) in [7, 11) is 1.58. The molecule has 0 unspecified atom stereocenters. The first-order chi connectivity index (χ1) is 13.0. The minimum atomic E-state index is -0.253. The molecule has 1 heterocycles. The van der Waals surface area contributed by atoms with Crippen LogP contribution in [0, 0.1) is 20.8 Å². The van der Waals surface area contributed by atoms with Crippen LogP contribution in [0.15, 0.2) is 48.5 Å². The molecule has 0 bridgehead atoms. The van der Waals surface area contributed by atoms with E-state index >= 15 is 0 Å². The molecule has 0 radical (unpaired) electrons. The van der Waals surface area contributed by atoms with E-state index in [1.54, 1.807) is 13.2 Å². The Bertz CT molecular complexity index is 949. The largest absolute Gasteiger partial charge is 0.493 e. The van der Waals surface area contributed by atoms with Gasteiger partial charge in [0.25, 0.3) is 5.91 Å². The molecule has 140 valence electrons. The molecule has 0 saturated carbocycles. The van der Waals surface area contributed by atoms with Gasteiger partial charge in [0.15, 0.2) is 18.1 Å². The van der Waals surface area contributed by atoms with Crippen molar-refractivity contribution in [3.8, 4) is 17.2 Å². The third-order valence-electron chi connectivity index (χ3n) is 4.23. The molecule has 0 aliphatic carbocycles. The number of hydrogen-bond donors (Lipinski definition) is 1. The van der Waals surface area contributed by atoms with Gasteiger partial charge in [0, 0.05) is 0 Å². The smallest absolute Gasteiger partial charge is 0.262 e. The van der Waals surface area contributed by atoms with Crippen LogP contribution >= 0.6 is 0 Å². The summed E-state index contributed by atoms with van der Waals surface area (Å²) in [4.78, 5) is 12.4. The van der Waals surface area contributed by atoms with Gasteiger partial charge in [0.2, 0.25) is 0 Å². The van der Waals surface area contributed by atoms with E-state index in [9.17, 15) is 4.79 Å². The Hall–Kier alpha value is -3.28. The van der Waals surface area contributed by atoms with Gasteiger partial charge in [-0.1, -0.05) is 24.3 Å². The maximum Gasteiger partial charge on any atom is 0.262 e. The number of nitrogens with one attached hydrogen (secondary N) is 1. The number of ether oxygens (including phenoxy) is 2. The number of anilines is 1. The Kier molecular flexibility index (Phi) is 5.45. The lowest BCUT2D eigenvalue weighted by atomic mass is 10.2. The number of benzene rings is 2. The molecule has 0 spiro atoms. The summed E-state index contributed by atoms with van der Waals surface area (Å²) in [5.41, 5.74) is 4.31. The van der Waals surface area contributed by atoms with Crippen LogP contribution in [0.1, 0.15) is 17.0 Å². The van der Waals surface area contributed by atoms with Crippen LogP contribution in [0.2, 0.25) is 0 Å². The zero-order valence-electron chi connectivity index (χ0n) is 15.9. The Labute approximate surface area is 158 Å². The van der Waals surface area contributed by atoms with Gasteiger partial charge < -0.3 is 14.8 Å². The molecule has 0 aliphatic rings. The fourth-order valence-corrected chi connectivity index (χ4v) is 2.86. The second-order valence-electron chi connectivity index (χ2n) is 6.28. The van der Waals surface area contributed by atoms with Crippen molar-refractivity contribution < 1.29 is 14.3 Å². The van der Waals surface area contributed by atoms with Gasteiger partial charge >= 0.3 is 0 Å². The van der Waals surface area contributed by atoms with E-state index in [0.29, 0.717) is 17.2 Å². The predicted octanol–water partition coefficient (Wildman–Crippen LogP) is 3.82. The Morgan fingerprint density at radius 1 is 1.07 bits per heavy atom. The molecule has 0 saturated heterocycles. The van der Waals surface area contributed by atoms with Crippen LogP contribution in [0.5, 0.6) is 11.5 Å². The maximum atomic E-state index is 12.4. The minimum absolute atomic E-state index is 0.116. The molecule has 3 aromatic rings. The minimum Gasteiger partial charge on any atom is -0.493 e. The van der Waals surface area contributed by atoms with E-state index in [2.05, 4.69) is 10.4 Å². The van der Waals surface area contributed by atoms with E-state index in [1.807, 2.05) is 67.9 Å². The van der Waals surface area contributed by atoms with Crippen molar-refractivity contribution in [1.29, 1.82) is 0 Å². The van der Waals surface area contributed by atoms with E-state index in [-0.39, 0.29) is 12.5 Å². The summed E-state index contributed by atoms with van der Waals surface area (Å²) in [6.07, 6.45) is 0. The van der Waals surface area contributed by atoms with Crippen molar-refractivity contribution >= 4 is 11.6 Å². The summed E-state index contributed by atoms with van der Waals surface area (Å²) in [5, 5.41) is 7.43. The highest BCUT2D eigenvalue weighted by Gasteiger charge is 2.16. The van der Waals surface area contributed by atoms with E-state index in [4.69, 9.17) is 9.47 Å². The zero-order chi connectivity index (χ0) is 19.4. The second-order valence-corrected chi connectivity index (χ2v) is 6.28. The van der Waals surface area contributed by atoms with Crippen LogP contribution in [-0.4, -0.2) is 29.4 Å². The fourth-order valence-electron chi connectivity index (χ4n) is 2.86. The van der Waals surface area contributed by atoms with Crippen molar-refractivity contribution in [2.24, 2.45) is 0 Å². The van der Waals surface area contributed by atoms with Gasteiger partial charge in [-0.3, -0.25) is 4.79 Å². The van der Waals surface area contributed by atoms with Crippen LogP contribution in [0.25, 0.3) is 5.69 Å². The number of carbonyl (C=O) groups excluding carboxylic acids is 1. The molecule has 6 nitrogen and oxygen atoms in total. The number of rotatable bonds is 6. The van der Waals surface area contributed by atoms with Crippen molar-refractivity contribution in [2.75, 3.05) is 19.0 Å². The van der Waals surface area contributed by atoms with Gasteiger partial charge in [-0.25, -0.2) is 4.68 Å². The molecule has 0 fully saturated rings. The molecular weight excluding hydrogens is 342 g/mol. The Balaban J connectivity index is 1.71. The Morgan fingerprint density at radius 3 is 2.52 bits per heavy atom. The van der Waals surface area contributed by atoms with Gasteiger partial charge in [-0.2, -0.15) is 5.10 Å². The van der Waals surface area contributed by atoms with Gasteiger partial charge in [-0.05, 0) is 50.6 Å². The first kappa shape index (κ1) is 18.5. The van der Waals surface area contributed by atoms with Gasteiger partial charge in [0.05, 0.1) is 29.9 Å². The lowest BCUT2D eigenvalue weighted by Crippen LogP contribution is -2.21. The number of methoxy groups -OCH3 is 1. The third-order valence-corrected chi connectivity index (χ3v) is 4.23. The lowest BCUT2D eigenvalue weighted by Gasteiger charge is -2.11. The monoisotopic (exact) mass is 365 g/mol. The highest BCUT2D eigenvalue weighted by molar-refractivity contribution is 5.93. The summed E-state index contributed by atoms with van der Waals surface area (Å²) in [6, 6.07) is 15.4. The molecule has 6 heteroatoms. The molecule has 1 N–H and O–H groups in total. The third kappa shape index (κ3) is 4.11. The number of carbonyl (C=O) groups is 1. The first-order valence-corrected chi connectivity index (χ1v) is 8.68. The molecular formula is C21H23N3O3. The molecule has 27 heavy (non-hydrogen) atoms. The van der Waals surface area contributed by atoms with E-state index in [1.165, 1.54) is 0 Å². The fraction of sp³-hybridized carbons (Fsp3) is 0.238. The maximum absolute atomic E-state index is 12.4. The molecule has 3 rings (SSSR count). The zero-order valence-corrected chi connectivity index (χ0v) is 15.9. The van der Waals surface area contributed by atoms with Crippen LogP contribution in [0.3, 0.4) is 0 Å². The number of amides is 1. The highest BCUT2D eigenvalue weighted by atomic mass is 16.5. The van der Waals surface area contributed by atoms with E-state index < -0.39 is 0 Å². The summed E-state index contributed by atoms with van der Waals surface area (Å²) in [5.74, 6) is 0.884. The first-order valence-electron chi connectivity index (χ1n) is 8.68. The number of aromatic nitrogens is 2. The van der Waals surface area contributed by atoms with E-state index in [0.717, 1.165) is 22.6 Å². The SMILES string of the molecule is COc1cc(C)ccc1OCC(=O)Nc1c(C)nn(-c2ccccc2)c1C. The van der Waals surface area contributed by atoms with Crippen molar-refractivity contribution in [3.63, 3.8) is 0 Å². The number of para-hydroxylation sites is 1. The highest BCUT2D eigenvalue weighted by Crippen LogP contribution is 2.28. The second kappa shape index (κ2) is 7.95. The number of nitrogens with zero attached hydrogens (tertiary/aromatic N) is 2. The molecule has 2 aromatic carbocycles. The summed E-state index contributed by atoms with van der Waals surface area (Å²) in [6.45, 7) is 5.64. The quantitative estimate of drug-likeness (QED) is 0.721. The average Bonchev–Trinajstić information content (AvgIpc) is 2.95. The summed E-state index contributed by atoms with van der Waals surface area (Å²) < 4.78 is 12.7. The summed E-state index contributed by atoms with van der Waals surface area (Å²) >= 11 is 0. The van der Waals surface area contributed by atoms with Crippen molar-refractivity contribution in [3.05, 3.63) is 65.5 Å². The van der Waals surface area contributed by atoms with Crippen LogP contribution < -0.4 is 14.8 Å². The van der Waals surface area contributed by atoms with Gasteiger partial charge in [0.1, 0.15) is 0 Å².